The Balaban J connectivity index is 0.000000581. The fourth-order valence-electron chi connectivity index (χ4n) is 1.19. The molecule has 0 unspecified atom stereocenters. The van der Waals surface area contributed by atoms with Crippen molar-refractivity contribution in [2.45, 2.75) is 41.5 Å². The molecular formula is C14H22N2S. The van der Waals surface area contributed by atoms with Crippen LogP contribution in [0.5, 0.6) is 0 Å². The summed E-state index contributed by atoms with van der Waals surface area (Å²) in [4.78, 5) is 9.59. The van der Waals surface area contributed by atoms with Crippen LogP contribution < -0.4 is 0 Å². The zero-order valence-corrected chi connectivity index (χ0v) is 12.4. The van der Waals surface area contributed by atoms with Gasteiger partial charge in [0, 0.05) is 21.5 Å². The highest BCUT2D eigenvalue weighted by Gasteiger charge is 2.01. The molecule has 0 aliphatic carbocycles. The summed E-state index contributed by atoms with van der Waals surface area (Å²) in [5, 5.41) is 2.12. The normalized spacial score (nSPS) is 8.59. The van der Waals surface area contributed by atoms with E-state index in [0.717, 1.165) is 11.4 Å². The van der Waals surface area contributed by atoms with E-state index in [2.05, 4.69) is 28.3 Å². The van der Waals surface area contributed by atoms with Crippen LogP contribution in [0.1, 0.15) is 38.3 Å². The third-order valence-corrected chi connectivity index (χ3v) is 2.69. The molecule has 0 saturated heterocycles. The van der Waals surface area contributed by atoms with Crippen molar-refractivity contribution in [2.75, 3.05) is 0 Å². The van der Waals surface area contributed by atoms with E-state index in [1.54, 1.807) is 17.7 Å². The van der Waals surface area contributed by atoms with Crippen LogP contribution in [-0.2, 0) is 0 Å². The Morgan fingerprint density at radius 2 is 1.59 bits per heavy atom. The van der Waals surface area contributed by atoms with Crippen LogP contribution in [0.4, 0.5) is 0 Å². The minimum Gasteiger partial charge on any atom is -0.242 e. The summed E-state index contributed by atoms with van der Waals surface area (Å²) in [6, 6.07) is 4.15. The second-order valence-electron chi connectivity index (χ2n) is 2.99. The lowest BCUT2D eigenvalue weighted by Crippen LogP contribution is -1.85. The third-order valence-electron chi connectivity index (χ3n) is 1.83. The van der Waals surface area contributed by atoms with Crippen LogP contribution in [0.15, 0.2) is 23.8 Å². The first kappa shape index (κ1) is 15.8. The van der Waals surface area contributed by atoms with Gasteiger partial charge in [0.2, 0.25) is 0 Å². The molecule has 0 saturated carbocycles. The Morgan fingerprint density at radius 1 is 0.941 bits per heavy atom. The van der Waals surface area contributed by atoms with Crippen molar-refractivity contribution in [3.8, 4) is 11.3 Å². The molecule has 0 atom stereocenters. The van der Waals surface area contributed by atoms with Crippen molar-refractivity contribution < 1.29 is 0 Å². The summed E-state index contributed by atoms with van der Waals surface area (Å²) in [6.45, 7) is 12.1. The minimum absolute atomic E-state index is 1.01. The number of rotatable bonds is 1. The molecule has 0 N–H and O–H groups in total. The molecule has 0 radical (unpaired) electrons. The third kappa shape index (κ3) is 5.09. The lowest BCUT2D eigenvalue weighted by atomic mass is 10.2. The van der Waals surface area contributed by atoms with Gasteiger partial charge >= 0.3 is 0 Å². The summed E-state index contributed by atoms with van der Waals surface area (Å²) in [6.07, 6.45) is 1.61. The van der Waals surface area contributed by atoms with E-state index in [1.165, 1.54) is 10.4 Å². The Kier molecular flexibility index (Phi) is 8.24. The molecule has 17 heavy (non-hydrogen) atoms. The van der Waals surface area contributed by atoms with Gasteiger partial charge in [-0.1, -0.05) is 27.7 Å². The van der Waals surface area contributed by atoms with E-state index in [9.17, 15) is 0 Å². The maximum atomic E-state index is 4.22. The molecule has 0 aromatic carbocycles. The van der Waals surface area contributed by atoms with Gasteiger partial charge in [0.1, 0.15) is 6.33 Å². The molecule has 0 aliphatic rings. The van der Waals surface area contributed by atoms with E-state index in [-0.39, 0.29) is 0 Å². The van der Waals surface area contributed by atoms with Crippen molar-refractivity contribution in [1.29, 1.82) is 0 Å². The highest BCUT2D eigenvalue weighted by Crippen LogP contribution is 2.23. The summed E-state index contributed by atoms with van der Waals surface area (Å²) in [5.74, 6) is 0. The number of hydrogen-bond donors (Lipinski definition) is 0. The summed E-state index contributed by atoms with van der Waals surface area (Å²) < 4.78 is 0. The SMILES string of the molecule is CC.CC.Cc1cc(-c2csc(C)c2)ncn1. The first-order valence-electron chi connectivity index (χ1n) is 6.10. The summed E-state index contributed by atoms with van der Waals surface area (Å²) in [5.41, 5.74) is 3.21. The molecular weight excluding hydrogens is 228 g/mol. The summed E-state index contributed by atoms with van der Waals surface area (Å²) >= 11 is 1.74. The second kappa shape index (κ2) is 8.88. The highest BCUT2D eigenvalue weighted by molar-refractivity contribution is 7.10. The van der Waals surface area contributed by atoms with Gasteiger partial charge in [-0.25, -0.2) is 9.97 Å². The van der Waals surface area contributed by atoms with Crippen LogP contribution >= 0.6 is 11.3 Å². The Bertz CT molecular complexity index is 422. The predicted octanol–water partition coefficient (Wildman–Crippen LogP) is 4.87. The predicted molar refractivity (Wildman–Crippen MR) is 77.5 cm³/mol. The number of nitrogens with zero attached hydrogens (tertiary/aromatic N) is 2. The van der Waals surface area contributed by atoms with Crippen LogP contribution in [-0.4, -0.2) is 9.97 Å². The van der Waals surface area contributed by atoms with Crippen molar-refractivity contribution in [1.82, 2.24) is 9.97 Å². The van der Waals surface area contributed by atoms with Gasteiger partial charge in [0.15, 0.2) is 0 Å². The van der Waals surface area contributed by atoms with Gasteiger partial charge in [0.05, 0.1) is 5.69 Å². The molecule has 94 valence electrons. The minimum atomic E-state index is 1.01. The van der Waals surface area contributed by atoms with E-state index >= 15 is 0 Å². The Morgan fingerprint density at radius 3 is 2.06 bits per heavy atom. The molecule has 3 heteroatoms. The van der Waals surface area contributed by atoms with Crippen molar-refractivity contribution in [3.63, 3.8) is 0 Å². The first-order chi connectivity index (χ1) is 8.25. The zero-order valence-electron chi connectivity index (χ0n) is 11.6. The van der Waals surface area contributed by atoms with Crippen molar-refractivity contribution >= 4 is 11.3 Å². The van der Waals surface area contributed by atoms with Crippen molar-refractivity contribution in [3.05, 3.63) is 34.4 Å². The number of aryl methyl sites for hydroxylation is 2. The number of aromatic nitrogens is 2. The molecule has 2 aromatic heterocycles. The molecule has 0 spiro atoms. The Hall–Kier alpha value is -1.22. The van der Waals surface area contributed by atoms with E-state index in [4.69, 9.17) is 0 Å². The smallest absolute Gasteiger partial charge is 0.116 e. The van der Waals surface area contributed by atoms with Gasteiger partial charge in [-0.05, 0) is 26.0 Å². The van der Waals surface area contributed by atoms with Crippen molar-refractivity contribution in [2.24, 2.45) is 0 Å². The largest absolute Gasteiger partial charge is 0.242 e. The van der Waals surface area contributed by atoms with E-state index < -0.39 is 0 Å². The molecule has 2 heterocycles. The van der Waals surface area contributed by atoms with Gasteiger partial charge in [-0.3, -0.25) is 0 Å². The fourth-order valence-corrected chi connectivity index (χ4v) is 1.89. The van der Waals surface area contributed by atoms with Crippen LogP contribution in [0, 0.1) is 13.8 Å². The van der Waals surface area contributed by atoms with Crippen LogP contribution in [0.3, 0.4) is 0 Å². The average Bonchev–Trinajstić information content (AvgIpc) is 2.81. The average molecular weight is 250 g/mol. The molecule has 2 rings (SSSR count). The highest BCUT2D eigenvalue weighted by atomic mass is 32.1. The summed E-state index contributed by atoms with van der Waals surface area (Å²) in [7, 11) is 0. The standard InChI is InChI=1S/C10H10N2S.2C2H6/c1-7-3-10(12-6-11-7)9-4-8(2)13-5-9;2*1-2/h3-6H,1-2H3;2*1-2H3. The number of hydrogen-bond acceptors (Lipinski definition) is 3. The fraction of sp³-hybridized carbons (Fsp3) is 0.429. The van der Waals surface area contributed by atoms with Gasteiger partial charge in [-0.15, -0.1) is 11.3 Å². The lowest BCUT2D eigenvalue weighted by Gasteiger charge is -1.96. The first-order valence-corrected chi connectivity index (χ1v) is 6.98. The van der Waals surface area contributed by atoms with Gasteiger partial charge in [-0.2, -0.15) is 0 Å². The maximum absolute atomic E-state index is 4.22. The zero-order chi connectivity index (χ0) is 13.3. The topological polar surface area (TPSA) is 25.8 Å². The monoisotopic (exact) mass is 250 g/mol. The molecule has 0 aliphatic heterocycles. The molecule has 0 bridgehead atoms. The number of thiophene rings is 1. The van der Waals surface area contributed by atoms with Gasteiger partial charge in [0.25, 0.3) is 0 Å². The van der Waals surface area contributed by atoms with E-state index in [1.807, 2.05) is 40.7 Å². The maximum Gasteiger partial charge on any atom is 0.116 e. The molecule has 0 fully saturated rings. The van der Waals surface area contributed by atoms with Gasteiger partial charge < -0.3 is 0 Å². The lowest BCUT2D eigenvalue weighted by molar-refractivity contribution is 1.11. The quantitative estimate of drug-likeness (QED) is 0.721. The second-order valence-corrected chi connectivity index (χ2v) is 4.11. The Labute approximate surface area is 109 Å². The molecule has 0 amide bonds. The molecule has 2 nitrogen and oxygen atoms in total. The molecule has 2 aromatic rings. The van der Waals surface area contributed by atoms with E-state index in [0.29, 0.717) is 0 Å². The van der Waals surface area contributed by atoms with Crippen LogP contribution in [0.25, 0.3) is 11.3 Å². The van der Waals surface area contributed by atoms with Crippen LogP contribution in [0.2, 0.25) is 0 Å².